The molecule has 0 spiro atoms. The lowest BCUT2D eigenvalue weighted by Gasteiger charge is -2.18. The molecule has 4 rings (SSSR count). The molecule has 5 nitrogen and oxygen atoms in total. The number of rotatable bonds is 5. The van der Waals surface area contributed by atoms with E-state index >= 15 is 0 Å². The standard InChI is InChI=1S/C25H25N3O2/c1-17-11-21-15-28(16-22(21)12-18(17)2)23-6-4-5-20(13-23)25(29)27-26-14-19-7-9-24(30-3)10-8-19/h4-14H,15-16H2,1-3H3,(H,27,29)/b26-14+. The minimum Gasteiger partial charge on any atom is -0.497 e. The normalized spacial score (nSPS) is 12.8. The fourth-order valence-corrected chi connectivity index (χ4v) is 3.64. The van der Waals surface area contributed by atoms with Crippen LogP contribution in [-0.2, 0) is 13.1 Å². The fraction of sp³-hybridized carbons (Fsp3) is 0.200. The average molecular weight is 399 g/mol. The van der Waals surface area contributed by atoms with Crippen LogP contribution in [0.2, 0.25) is 0 Å². The molecular weight excluding hydrogens is 374 g/mol. The molecule has 5 heteroatoms. The number of methoxy groups -OCH3 is 1. The molecule has 0 saturated carbocycles. The van der Waals surface area contributed by atoms with Gasteiger partial charge in [-0.1, -0.05) is 18.2 Å². The van der Waals surface area contributed by atoms with Gasteiger partial charge < -0.3 is 9.64 Å². The molecule has 1 aliphatic rings. The molecule has 1 N–H and O–H groups in total. The first-order valence-electron chi connectivity index (χ1n) is 9.95. The van der Waals surface area contributed by atoms with E-state index < -0.39 is 0 Å². The summed E-state index contributed by atoms with van der Waals surface area (Å²) in [5, 5.41) is 4.07. The largest absolute Gasteiger partial charge is 0.497 e. The number of carbonyl (C=O) groups excluding carboxylic acids is 1. The van der Waals surface area contributed by atoms with Gasteiger partial charge in [-0.2, -0.15) is 5.10 Å². The molecule has 0 aromatic heterocycles. The number of hydrogen-bond acceptors (Lipinski definition) is 4. The quantitative estimate of drug-likeness (QED) is 0.504. The third kappa shape index (κ3) is 4.20. The van der Waals surface area contributed by atoms with E-state index in [1.165, 1.54) is 22.3 Å². The van der Waals surface area contributed by atoms with Gasteiger partial charge >= 0.3 is 0 Å². The van der Waals surface area contributed by atoms with Crippen molar-refractivity contribution in [1.82, 2.24) is 5.43 Å². The van der Waals surface area contributed by atoms with Crippen LogP contribution in [0.15, 0.2) is 65.8 Å². The molecule has 0 fully saturated rings. The number of benzene rings is 3. The molecule has 0 bridgehead atoms. The number of nitrogens with one attached hydrogen (secondary N) is 1. The van der Waals surface area contributed by atoms with E-state index in [1.807, 2.05) is 42.5 Å². The maximum atomic E-state index is 12.5. The highest BCUT2D eigenvalue weighted by Crippen LogP contribution is 2.30. The van der Waals surface area contributed by atoms with Crippen LogP contribution >= 0.6 is 0 Å². The lowest BCUT2D eigenvalue weighted by Crippen LogP contribution is -2.19. The number of fused-ring (bicyclic) bond motifs is 1. The lowest BCUT2D eigenvalue weighted by atomic mass is 10.0. The van der Waals surface area contributed by atoms with Crippen molar-refractivity contribution in [2.24, 2.45) is 5.10 Å². The number of ether oxygens (including phenoxy) is 1. The van der Waals surface area contributed by atoms with Crippen LogP contribution in [0.4, 0.5) is 5.69 Å². The van der Waals surface area contributed by atoms with Crippen molar-refractivity contribution in [3.63, 3.8) is 0 Å². The Bertz CT molecular complexity index is 1070. The zero-order chi connectivity index (χ0) is 21.1. The van der Waals surface area contributed by atoms with E-state index in [0.29, 0.717) is 5.56 Å². The molecule has 0 saturated heterocycles. The Morgan fingerprint density at radius 1 is 1.00 bits per heavy atom. The monoisotopic (exact) mass is 399 g/mol. The van der Waals surface area contributed by atoms with Gasteiger partial charge in [0.05, 0.1) is 13.3 Å². The van der Waals surface area contributed by atoms with Gasteiger partial charge in [0.15, 0.2) is 0 Å². The molecule has 3 aromatic carbocycles. The van der Waals surface area contributed by atoms with Crippen molar-refractivity contribution in [2.45, 2.75) is 26.9 Å². The fourth-order valence-electron chi connectivity index (χ4n) is 3.64. The number of carbonyl (C=O) groups is 1. The number of hydrazone groups is 1. The van der Waals surface area contributed by atoms with E-state index in [2.05, 4.69) is 41.4 Å². The van der Waals surface area contributed by atoms with E-state index in [9.17, 15) is 4.79 Å². The highest BCUT2D eigenvalue weighted by atomic mass is 16.5. The van der Waals surface area contributed by atoms with E-state index in [1.54, 1.807) is 19.4 Å². The Morgan fingerprint density at radius 2 is 1.67 bits per heavy atom. The second-order valence-corrected chi connectivity index (χ2v) is 7.58. The van der Waals surface area contributed by atoms with Crippen LogP contribution in [0.1, 0.15) is 38.2 Å². The number of aryl methyl sites for hydroxylation is 2. The van der Waals surface area contributed by atoms with Gasteiger partial charge in [-0.05, 0) is 84.1 Å². The van der Waals surface area contributed by atoms with Gasteiger partial charge in [-0.25, -0.2) is 5.43 Å². The van der Waals surface area contributed by atoms with Crippen molar-refractivity contribution in [2.75, 3.05) is 12.0 Å². The zero-order valence-corrected chi connectivity index (χ0v) is 17.5. The first-order valence-corrected chi connectivity index (χ1v) is 9.95. The Morgan fingerprint density at radius 3 is 2.30 bits per heavy atom. The summed E-state index contributed by atoms with van der Waals surface area (Å²) in [6, 6.07) is 19.7. The summed E-state index contributed by atoms with van der Waals surface area (Å²) < 4.78 is 5.14. The zero-order valence-electron chi connectivity index (χ0n) is 17.5. The first-order chi connectivity index (χ1) is 14.5. The summed E-state index contributed by atoms with van der Waals surface area (Å²) in [6.45, 7) is 6.01. The minimum absolute atomic E-state index is 0.231. The molecule has 0 unspecified atom stereocenters. The topological polar surface area (TPSA) is 53.9 Å². The van der Waals surface area contributed by atoms with E-state index in [0.717, 1.165) is 30.1 Å². The molecular formula is C25H25N3O2. The Kier molecular flexibility index (Phi) is 5.53. The van der Waals surface area contributed by atoms with Crippen LogP contribution in [-0.4, -0.2) is 19.2 Å². The van der Waals surface area contributed by atoms with E-state index in [4.69, 9.17) is 4.74 Å². The maximum absolute atomic E-state index is 12.5. The van der Waals surface area contributed by atoms with Crippen molar-refractivity contribution >= 4 is 17.8 Å². The predicted octanol–water partition coefficient (Wildman–Crippen LogP) is 4.60. The molecule has 152 valence electrons. The van der Waals surface area contributed by atoms with Crippen LogP contribution < -0.4 is 15.1 Å². The van der Waals surface area contributed by atoms with Crippen LogP contribution in [0.3, 0.4) is 0 Å². The second kappa shape index (κ2) is 8.41. The smallest absolute Gasteiger partial charge is 0.271 e. The molecule has 30 heavy (non-hydrogen) atoms. The van der Waals surface area contributed by atoms with Gasteiger partial charge in [0.25, 0.3) is 5.91 Å². The predicted molar refractivity (Wildman–Crippen MR) is 120 cm³/mol. The van der Waals surface area contributed by atoms with Crippen LogP contribution in [0, 0.1) is 13.8 Å². The van der Waals surface area contributed by atoms with Gasteiger partial charge in [0, 0.05) is 24.3 Å². The molecule has 1 amide bonds. The molecule has 0 aliphatic carbocycles. The van der Waals surface area contributed by atoms with Crippen molar-refractivity contribution in [1.29, 1.82) is 0 Å². The third-order valence-electron chi connectivity index (χ3n) is 5.51. The third-order valence-corrected chi connectivity index (χ3v) is 5.51. The number of amides is 1. The highest BCUT2D eigenvalue weighted by Gasteiger charge is 2.20. The Balaban J connectivity index is 1.43. The van der Waals surface area contributed by atoms with Gasteiger partial charge in [-0.15, -0.1) is 0 Å². The van der Waals surface area contributed by atoms with Crippen molar-refractivity contribution in [3.05, 3.63) is 94.0 Å². The SMILES string of the molecule is COc1ccc(/C=N/NC(=O)c2cccc(N3Cc4cc(C)c(C)cc4C3)c2)cc1. The lowest BCUT2D eigenvalue weighted by molar-refractivity contribution is 0.0955. The second-order valence-electron chi connectivity index (χ2n) is 7.58. The van der Waals surface area contributed by atoms with Crippen molar-refractivity contribution in [3.8, 4) is 5.75 Å². The van der Waals surface area contributed by atoms with Gasteiger partial charge in [0.2, 0.25) is 0 Å². The van der Waals surface area contributed by atoms with Gasteiger partial charge in [-0.3, -0.25) is 4.79 Å². The Labute approximate surface area is 177 Å². The highest BCUT2D eigenvalue weighted by molar-refractivity contribution is 5.95. The number of nitrogens with zero attached hydrogens (tertiary/aromatic N) is 2. The summed E-state index contributed by atoms with van der Waals surface area (Å²) in [5.74, 6) is 0.549. The number of hydrogen-bond donors (Lipinski definition) is 1. The van der Waals surface area contributed by atoms with Crippen LogP contribution in [0.5, 0.6) is 5.75 Å². The first kappa shape index (κ1) is 19.7. The summed E-state index contributed by atoms with van der Waals surface area (Å²) in [4.78, 5) is 14.8. The molecule has 0 atom stereocenters. The van der Waals surface area contributed by atoms with Crippen molar-refractivity contribution < 1.29 is 9.53 Å². The van der Waals surface area contributed by atoms with E-state index in [-0.39, 0.29) is 5.91 Å². The van der Waals surface area contributed by atoms with Crippen LogP contribution in [0.25, 0.3) is 0 Å². The summed E-state index contributed by atoms with van der Waals surface area (Å²) >= 11 is 0. The summed E-state index contributed by atoms with van der Waals surface area (Å²) in [6.07, 6.45) is 1.61. The summed E-state index contributed by atoms with van der Waals surface area (Å²) in [5.41, 5.74) is 10.5. The molecule has 1 aliphatic heterocycles. The summed E-state index contributed by atoms with van der Waals surface area (Å²) in [7, 11) is 1.63. The minimum atomic E-state index is -0.231. The maximum Gasteiger partial charge on any atom is 0.271 e. The Hall–Kier alpha value is -3.60. The molecule has 3 aromatic rings. The molecule has 0 radical (unpaired) electrons. The molecule has 1 heterocycles. The number of anilines is 1. The average Bonchev–Trinajstić information content (AvgIpc) is 3.17. The van der Waals surface area contributed by atoms with Gasteiger partial charge in [0.1, 0.15) is 5.75 Å².